The Morgan fingerprint density at radius 3 is 2.95 bits per heavy atom. The van der Waals surface area contributed by atoms with Gasteiger partial charge in [-0.15, -0.1) is 11.3 Å². The zero-order valence-electron chi connectivity index (χ0n) is 11.1. The van der Waals surface area contributed by atoms with Crippen LogP contribution in [0.15, 0.2) is 30.3 Å². The molecule has 21 heavy (non-hydrogen) atoms. The van der Waals surface area contributed by atoms with Gasteiger partial charge in [0.1, 0.15) is 5.75 Å². The smallest absolute Gasteiger partial charge is 0.387 e. The quantitative estimate of drug-likeness (QED) is 0.800. The van der Waals surface area contributed by atoms with Crippen molar-refractivity contribution in [2.45, 2.75) is 31.9 Å². The van der Waals surface area contributed by atoms with E-state index < -0.39 is 6.61 Å². The Morgan fingerprint density at radius 1 is 1.33 bits per heavy atom. The van der Waals surface area contributed by atoms with E-state index in [2.05, 4.69) is 10.1 Å². The zero-order chi connectivity index (χ0) is 14.8. The van der Waals surface area contributed by atoms with Gasteiger partial charge in [0, 0.05) is 4.88 Å². The molecule has 1 aromatic heterocycles. The molecule has 0 radical (unpaired) electrons. The number of halogens is 3. The average Bonchev–Trinajstić information content (AvgIpc) is 2.82. The Bertz CT molecular complexity index is 632. The van der Waals surface area contributed by atoms with Gasteiger partial charge in [-0.1, -0.05) is 23.7 Å². The van der Waals surface area contributed by atoms with Crippen molar-refractivity contribution in [3.05, 3.63) is 45.1 Å². The van der Waals surface area contributed by atoms with Crippen LogP contribution in [0.2, 0.25) is 4.34 Å². The molecule has 2 nitrogen and oxygen atoms in total. The van der Waals surface area contributed by atoms with Crippen molar-refractivity contribution in [1.29, 1.82) is 0 Å². The summed E-state index contributed by atoms with van der Waals surface area (Å²) in [6, 6.07) is 8.81. The SMILES string of the molecule is FC(F)Oc1ccccc1NC1CCCc2sc(Cl)cc21. The monoisotopic (exact) mass is 329 g/mol. The number of para-hydroxylation sites is 2. The summed E-state index contributed by atoms with van der Waals surface area (Å²) in [5, 5.41) is 3.31. The van der Waals surface area contributed by atoms with Crippen molar-refractivity contribution < 1.29 is 13.5 Å². The molecule has 1 aliphatic rings. The summed E-state index contributed by atoms with van der Waals surface area (Å²) < 4.78 is 30.2. The zero-order valence-corrected chi connectivity index (χ0v) is 12.7. The molecule has 0 spiro atoms. The maximum Gasteiger partial charge on any atom is 0.387 e. The molecule has 0 saturated heterocycles. The Balaban J connectivity index is 1.84. The third-order valence-electron chi connectivity index (χ3n) is 3.52. The Kier molecular flexibility index (Phi) is 4.31. The normalized spacial score (nSPS) is 17.6. The highest BCUT2D eigenvalue weighted by atomic mass is 35.5. The summed E-state index contributed by atoms with van der Waals surface area (Å²) in [5.74, 6) is 0.168. The fraction of sp³-hybridized carbons (Fsp3) is 0.333. The molecule has 112 valence electrons. The van der Waals surface area contributed by atoms with Crippen molar-refractivity contribution in [2.24, 2.45) is 0 Å². The first-order chi connectivity index (χ1) is 10.1. The van der Waals surface area contributed by atoms with Crippen LogP contribution in [0.25, 0.3) is 0 Å². The van der Waals surface area contributed by atoms with E-state index in [0.717, 1.165) is 23.6 Å². The summed E-state index contributed by atoms with van der Waals surface area (Å²) in [7, 11) is 0. The topological polar surface area (TPSA) is 21.3 Å². The van der Waals surface area contributed by atoms with E-state index in [1.165, 1.54) is 10.4 Å². The fourth-order valence-electron chi connectivity index (χ4n) is 2.64. The molecule has 1 atom stereocenters. The van der Waals surface area contributed by atoms with Crippen molar-refractivity contribution in [1.82, 2.24) is 0 Å². The number of rotatable bonds is 4. The molecule has 0 amide bonds. The molecule has 3 rings (SSSR count). The summed E-state index contributed by atoms with van der Waals surface area (Å²) >= 11 is 7.68. The van der Waals surface area contributed by atoms with E-state index in [-0.39, 0.29) is 11.8 Å². The molecule has 6 heteroatoms. The second kappa shape index (κ2) is 6.20. The first-order valence-corrected chi connectivity index (χ1v) is 7.91. The van der Waals surface area contributed by atoms with Crippen molar-refractivity contribution in [3.8, 4) is 5.75 Å². The molecule has 2 aromatic rings. The molecule has 0 saturated carbocycles. The first-order valence-electron chi connectivity index (χ1n) is 6.72. The number of fused-ring (bicyclic) bond motifs is 1. The van der Waals surface area contributed by atoms with Crippen molar-refractivity contribution in [3.63, 3.8) is 0 Å². The van der Waals surface area contributed by atoms with Crippen LogP contribution >= 0.6 is 22.9 Å². The van der Waals surface area contributed by atoms with Gasteiger partial charge in [0.15, 0.2) is 0 Å². The molecular weight excluding hydrogens is 316 g/mol. The van der Waals surface area contributed by atoms with Gasteiger partial charge in [-0.3, -0.25) is 0 Å². The van der Waals surface area contributed by atoms with E-state index in [4.69, 9.17) is 11.6 Å². The van der Waals surface area contributed by atoms with Gasteiger partial charge in [0.05, 0.1) is 16.1 Å². The second-order valence-electron chi connectivity index (χ2n) is 4.89. The van der Waals surface area contributed by atoms with Crippen LogP contribution in [0.5, 0.6) is 5.75 Å². The predicted molar refractivity (Wildman–Crippen MR) is 81.7 cm³/mol. The predicted octanol–water partition coefficient (Wildman–Crippen LogP) is 5.49. The summed E-state index contributed by atoms with van der Waals surface area (Å²) in [6.45, 7) is -2.83. The van der Waals surface area contributed by atoms with Crippen LogP contribution in [-0.4, -0.2) is 6.61 Å². The van der Waals surface area contributed by atoms with Crippen LogP contribution in [0.3, 0.4) is 0 Å². The van der Waals surface area contributed by atoms with E-state index >= 15 is 0 Å². The average molecular weight is 330 g/mol. The van der Waals surface area contributed by atoms with Gasteiger partial charge in [-0.05, 0) is 43.0 Å². The lowest BCUT2D eigenvalue weighted by Crippen LogP contribution is -2.16. The van der Waals surface area contributed by atoms with Crippen molar-refractivity contribution in [2.75, 3.05) is 5.32 Å². The van der Waals surface area contributed by atoms with Gasteiger partial charge in [-0.25, -0.2) is 0 Å². The summed E-state index contributed by atoms with van der Waals surface area (Å²) in [4.78, 5) is 1.27. The van der Waals surface area contributed by atoms with E-state index in [9.17, 15) is 8.78 Å². The van der Waals surface area contributed by atoms with E-state index in [1.807, 2.05) is 6.07 Å². The van der Waals surface area contributed by atoms with Crippen LogP contribution in [0.4, 0.5) is 14.5 Å². The molecular formula is C15H14ClF2NOS. The third-order valence-corrected chi connectivity index (χ3v) is 4.86. The summed E-state index contributed by atoms with van der Waals surface area (Å²) in [5.41, 5.74) is 1.75. The standard InChI is InChI=1S/C15H14ClF2NOS/c16-14-8-9-10(5-3-7-13(9)21-14)19-11-4-1-2-6-12(11)20-15(17)18/h1-2,4,6,8,10,15,19H,3,5,7H2. The van der Waals surface area contributed by atoms with E-state index in [0.29, 0.717) is 5.69 Å². The lowest BCUT2D eigenvalue weighted by molar-refractivity contribution is -0.0493. The van der Waals surface area contributed by atoms with Gasteiger partial charge in [0.2, 0.25) is 0 Å². The second-order valence-corrected chi connectivity index (χ2v) is 6.66. The van der Waals surface area contributed by atoms with Crippen LogP contribution in [0, 0.1) is 0 Å². The number of nitrogens with one attached hydrogen (secondary N) is 1. The highest BCUT2D eigenvalue weighted by Gasteiger charge is 2.23. The lowest BCUT2D eigenvalue weighted by atomic mass is 9.94. The number of aryl methyl sites for hydroxylation is 1. The highest BCUT2D eigenvalue weighted by molar-refractivity contribution is 7.16. The van der Waals surface area contributed by atoms with Crippen LogP contribution < -0.4 is 10.1 Å². The minimum atomic E-state index is -2.83. The first kappa shape index (κ1) is 14.6. The molecule has 1 unspecified atom stereocenters. The van der Waals surface area contributed by atoms with Crippen LogP contribution in [0.1, 0.15) is 29.3 Å². The van der Waals surface area contributed by atoms with Gasteiger partial charge in [-0.2, -0.15) is 8.78 Å². The molecule has 1 N–H and O–H groups in total. The number of thiophene rings is 1. The molecule has 1 heterocycles. The lowest BCUT2D eigenvalue weighted by Gasteiger charge is -2.25. The van der Waals surface area contributed by atoms with Crippen LogP contribution in [-0.2, 0) is 6.42 Å². The molecule has 0 fully saturated rings. The van der Waals surface area contributed by atoms with Crippen molar-refractivity contribution >= 4 is 28.6 Å². The van der Waals surface area contributed by atoms with Gasteiger partial charge >= 0.3 is 6.61 Å². The Labute approximate surface area is 130 Å². The fourth-order valence-corrected chi connectivity index (χ4v) is 4.03. The number of ether oxygens (including phenoxy) is 1. The highest BCUT2D eigenvalue weighted by Crippen LogP contribution is 2.40. The number of anilines is 1. The number of alkyl halides is 2. The maximum absolute atomic E-state index is 12.5. The maximum atomic E-state index is 12.5. The Morgan fingerprint density at radius 2 is 2.14 bits per heavy atom. The molecule has 0 aliphatic heterocycles. The van der Waals surface area contributed by atoms with Gasteiger partial charge in [0.25, 0.3) is 0 Å². The summed E-state index contributed by atoms with van der Waals surface area (Å²) in [6.07, 6.45) is 3.03. The molecule has 1 aromatic carbocycles. The Hall–Kier alpha value is -1.33. The third kappa shape index (κ3) is 3.30. The molecule has 1 aliphatic carbocycles. The number of hydrogen-bond donors (Lipinski definition) is 1. The minimum absolute atomic E-state index is 0.0833. The minimum Gasteiger partial charge on any atom is -0.433 e. The van der Waals surface area contributed by atoms with E-state index in [1.54, 1.807) is 35.6 Å². The largest absolute Gasteiger partial charge is 0.433 e. The van der Waals surface area contributed by atoms with Gasteiger partial charge < -0.3 is 10.1 Å². The number of benzene rings is 1. The number of hydrogen-bond acceptors (Lipinski definition) is 3. The molecule has 0 bridgehead atoms.